The van der Waals surface area contributed by atoms with E-state index in [-0.39, 0.29) is 19.1 Å². The Morgan fingerprint density at radius 3 is 2.48 bits per heavy atom. The molecule has 0 fully saturated rings. The Morgan fingerprint density at radius 2 is 1.83 bits per heavy atom. The van der Waals surface area contributed by atoms with E-state index in [2.05, 4.69) is 19.2 Å². The number of rotatable bonds is 7. The van der Waals surface area contributed by atoms with Crippen LogP contribution >= 0.6 is 0 Å². The number of carbonyl (C=O) groups is 1. The molecule has 1 amide bonds. The molecule has 4 heteroatoms. The second-order valence-corrected chi connectivity index (χ2v) is 5.64. The molecule has 0 aromatic heterocycles. The van der Waals surface area contributed by atoms with E-state index in [1.54, 1.807) is 0 Å². The normalized spacial score (nSPS) is 10.6. The van der Waals surface area contributed by atoms with Gasteiger partial charge in [-0.05, 0) is 29.7 Å². The average molecular weight is 313 g/mol. The number of aliphatic hydroxyl groups excluding tert-OH is 1. The molecule has 0 aliphatic carbocycles. The summed E-state index contributed by atoms with van der Waals surface area (Å²) in [4.78, 5) is 12.2. The smallest absolute Gasteiger partial charge is 0.251 e. The highest BCUT2D eigenvalue weighted by molar-refractivity contribution is 5.94. The first-order valence-corrected chi connectivity index (χ1v) is 7.81. The summed E-state index contributed by atoms with van der Waals surface area (Å²) in [5.41, 5.74) is 2.74. The minimum atomic E-state index is -0.114. The van der Waals surface area contributed by atoms with Gasteiger partial charge in [0, 0.05) is 17.7 Å². The van der Waals surface area contributed by atoms with Crippen molar-refractivity contribution in [3.63, 3.8) is 0 Å². The van der Waals surface area contributed by atoms with Gasteiger partial charge in [0.05, 0.1) is 6.61 Å². The summed E-state index contributed by atoms with van der Waals surface area (Å²) < 4.78 is 5.47. The van der Waals surface area contributed by atoms with Gasteiger partial charge in [0.1, 0.15) is 12.4 Å². The van der Waals surface area contributed by atoms with E-state index < -0.39 is 0 Å². The highest BCUT2D eigenvalue weighted by Crippen LogP contribution is 2.18. The molecule has 2 N–H and O–H groups in total. The largest absolute Gasteiger partial charge is 0.491 e. The molecule has 0 saturated carbocycles. The fourth-order valence-corrected chi connectivity index (χ4v) is 2.24. The Bertz CT molecular complexity index is 635. The van der Waals surface area contributed by atoms with Gasteiger partial charge in [0.25, 0.3) is 5.91 Å². The Hall–Kier alpha value is -2.33. The summed E-state index contributed by atoms with van der Waals surface area (Å²) in [6, 6.07) is 15.1. The van der Waals surface area contributed by atoms with Crippen LogP contribution in [0, 0.1) is 0 Å². The summed E-state index contributed by atoms with van der Waals surface area (Å²) in [5, 5.41) is 11.8. The lowest BCUT2D eigenvalue weighted by Crippen LogP contribution is -2.23. The Morgan fingerprint density at radius 1 is 1.13 bits per heavy atom. The minimum absolute atomic E-state index is 0.0388. The van der Waals surface area contributed by atoms with Crippen molar-refractivity contribution in [2.75, 3.05) is 13.2 Å². The molecule has 2 aromatic rings. The number of hydrogen-bond acceptors (Lipinski definition) is 3. The topological polar surface area (TPSA) is 58.6 Å². The van der Waals surface area contributed by atoms with E-state index in [4.69, 9.17) is 9.84 Å². The maximum atomic E-state index is 12.2. The predicted molar refractivity (Wildman–Crippen MR) is 90.7 cm³/mol. The van der Waals surface area contributed by atoms with Gasteiger partial charge in [-0.1, -0.05) is 44.2 Å². The van der Waals surface area contributed by atoms with Gasteiger partial charge in [-0.25, -0.2) is 0 Å². The van der Waals surface area contributed by atoms with Crippen molar-refractivity contribution in [1.82, 2.24) is 5.32 Å². The van der Waals surface area contributed by atoms with Gasteiger partial charge in [-0.15, -0.1) is 0 Å². The fraction of sp³-hybridized carbons (Fsp3) is 0.316. The molecule has 0 aliphatic heterocycles. The first-order valence-electron chi connectivity index (χ1n) is 7.81. The van der Waals surface area contributed by atoms with Gasteiger partial charge in [0.15, 0.2) is 0 Å². The zero-order valence-corrected chi connectivity index (χ0v) is 13.6. The number of para-hydroxylation sites is 1. The Labute approximate surface area is 137 Å². The van der Waals surface area contributed by atoms with Crippen LogP contribution < -0.4 is 10.1 Å². The summed E-state index contributed by atoms with van der Waals surface area (Å²) in [5.74, 6) is 1.01. The molecule has 2 rings (SSSR count). The van der Waals surface area contributed by atoms with Crippen molar-refractivity contribution >= 4 is 5.91 Å². The highest BCUT2D eigenvalue weighted by atomic mass is 16.5. The second kappa shape index (κ2) is 8.34. The molecule has 0 heterocycles. The van der Waals surface area contributed by atoms with Gasteiger partial charge < -0.3 is 15.2 Å². The number of ether oxygens (including phenoxy) is 1. The molecular weight excluding hydrogens is 290 g/mol. The van der Waals surface area contributed by atoms with E-state index in [9.17, 15) is 4.79 Å². The molecule has 0 radical (unpaired) electrons. The quantitative estimate of drug-likeness (QED) is 0.826. The lowest BCUT2D eigenvalue weighted by Gasteiger charge is -2.12. The lowest BCUT2D eigenvalue weighted by molar-refractivity contribution is 0.0950. The van der Waals surface area contributed by atoms with Crippen molar-refractivity contribution < 1.29 is 14.6 Å². The average Bonchev–Trinajstić information content (AvgIpc) is 2.58. The first kappa shape index (κ1) is 17.0. The van der Waals surface area contributed by atoms with E-state index >= 15 is 0 Å². The van der Waals surface area contributed by atoms with Crippen molar-refractivity contribution in [3.05, 3.63) is 65.2 Å². The number of nitrogens with one attached hydrogen (secondary N) is 1. The molecule has 4 nitrogen and oxygen atoms in total. The zero-order chi connectivity index (χ0) is 16.7. The Balaban J connectivity index is 1.99. The van der Waals surface area contributed by atoms with Crippen molar-refractivity contribution in [3.8, 4) is 5.75 Å². The number of benzene rings is 2. The summed E-state index contributed by atoms with van der Waals surface area (Å²) in [6.45, 7) is 4.83. The summed E-state index contributed by atoms with van der Waals surface area (Å²) in [6.07, 6.45) is 0. The molecule has 23 heavy (non-hydrogen) atoms. The van der Waals surface area contributed by atoms with Crippen molar-refractivity contribution in [1.29, 1.82) is 0 Å². The van der Waals surface area contributed by atoms with Crippen molar-refractivity contribution in [2.45, 2.75) is 26.3 Å². The van der Waals surface area contributed by atoms with Crippen LogP contribution in [0.25, 0.3) is 0 Å². The van der Waals surface area contributed by atoms with Crippen LogP contribution in [0.1, 0.15) is 41.3 Å². The second-order valence-electron chi connectivity index (χ2n) is 5.64. The van der Waals surface area contributed by atoms with E-state index in [0.29, 0.717) is 23.8 Å². The predicted octanol–water partition coefficient (Wildman–Crippen LogP) is 3.11. The zero-order valence-electron chi connectivity index (χ0n) is 13.6. The lowest BCUT2D eigenvalue weighted by atomic mass is 10.0. The molecule has 0 atom stereocenters. The van der Waals surface area contributed by atoms with Crippen LogP contribution in [-0.2, 0) is 6.54 Å². The number of amides is 1. The third-order valence-corrected chi connectivity index (χ3v) is 3.60. The van der Waals surface area contributed by atoms with Crippen LogP contribution in [0.2, 0.25) is 0 Å². The molecule has 0 saturated heterocycles. The van der Waals surface area contributed by atoms with Crippen LogP contribution in [0.15, 0.2) is 48.5 Å². The van der Waals surface area contributed by atoms with Gasteiger partial charge in [-0.3, -0.25) is 4.79 Å². The van der Waals surface area contributed by atoms with Crippen LogP contribution in [0.4, 0.5) is 0 Å². The molecule has 122 valence electrons. The molecule has 0 aliphatic rings. The molecular formula is C19H23NO3. The van der Waals surface area contributed by atoms with Gasteiger partial charge in [0.2, 0.25) is 0 Å². The first-order chi connectivity index (χ1) is 11.1. The minimum Gasteiger partial charge on any atom is -0.491 e. The molecule has 0 unspecified atom stereocenters. The van der Waals surface area contributed by atoms with Gasteiger partial charge in [-0.2, -0.15) is 0 Å². The SMILES string of the molecule is CC(C)c1ccc(C(=O)NCc2ccccc2OCCO)cc1. The molecule has 0 spiro atoms. The van der Waals surface area contributed by atoms with Crippen molar-refractivity contribution in [2.24, 2.45) is 0 Å². The number of carbonyl (C=O) groups excluding carboxylic acids is 1. The number of aliphatic hydroxyl groups is 1. The van der Waals surface area contributed by atoms with Crippen LogP contribution in [-0.4, -0.2) is 24.2 Å². The van der Waals surface area contributed by atoms with Gasteiger partial charge >= 0.3 is 0 Å². The monoisotopic (exact) mass is 313 g/mol. The Kier molecular flexibility index (Phi) is 6.18. The highest BCUT2D eigenvalue weighted by Gasteiger charge is 2.08. The number of hydrogen-bond donors (Lipinski definition) is 2. The standard InChI is InChI=1S/C19H23NO3/c1-14(2)15-7-9-16(10-8-15)19(22)20-13-17-5-3-4-6-18(17)23-12-11-21/h3-10,14,21H,11-13H2,1-2H3,(H,20,22). The molecule has 2 aromatic carbocycles. The summed E-state index contributed by atoms with van der Waals surface area (Å²) in [7, 11) is 0. The maximum absolute atomic E-state index is 12.2. The fourth-order valence-electron chi connectivity index (χ4n) is 2.24. The van der Waals surface area contributed by atoms with E-state index in [1.165, 1.54) is 5.56 Å². The van der Waals surface area contributed by atoms with E-state index in [1.807, 2.05) is 48.5 Å². The third kappa shape index (κ3) is 4.83. The maximum Gasteiger partial charge on any atom is 0.251 e. The van der Waals surface area contributed by atoms with Crippen LogP contribution in [0.5, 0.6) is 5.75 Å². The van der Waals surface area contributed by atoms with Crippen LogP contribution in [0.3, 0.4) is 0 Å². The van der Waals surface area contributed by atoms with E-state index in [0.717, 1.165) is 5.56 Å². The third-order valence-electron chi connectivity index (χ3n) is 3.60. The molecule has 0 bridgehead atoms. The summed E-state index contributed by atoms with van der Waals surface area (Å²) >= 11 is 0.